The van der Waals surface area contributed by atoms with Crippen LogP contribution in [0, 0.1) is 0 Å². The number of rotatable bonds is 2. The van der Waals surface area contributed by atoms with Crippen molar-refractivity contribution < 1.29 is 19.1 Å². The van der Waals surface area contributed by atoms with Gasteiger partial charge in [0, 0.05) is 6.54 Å². The number of fused-ring (bicyclic) bond motifs is 1. The average Bonchev–Trinajstić information content (AvgIpc) is 2.79. The van der Waals surface area contributed by atoms with Crippen molar-refractivity contribution >= 4 is 23.6 Å². The van der Waals surface area contributed by atoms with Crippen LogP contribution in [-0.4, -0.2) is 42.8 Å². The van der Waals surface area contributed by atoms with Crippen LogP contribution < -0.4 is 20.7 Å². The molecule has 0 radical (unpaired) electrons. The van der Waals surface area contributed by atoms with Gasteiger partial charge in [-0.2, -0.15) is 0 Å². The van der Waals surface area contributed by atoms with E-state index in [4.69, 9.17) is 15.2 Å². The van der Waals surface area contributed by atoms with Gasteiger partial charge in [-0.1, -0.05) is 0 Å². The van der Waals surface area contributed by atoms with Crippen molar-refractivity contribution in [1.82, 2.24) is 4.98 Å². The quantitative estimate of drug-likeness (QED) is 0.759. The van der Waals surface area contributed by atoms with Gasteiger partial charge < -0.3 is 20.5 Å². The van der Waals surface area contributed by atoms with Gasteiger partial charge in [0.05, 0.1) is 6.54 Å². The topological polar surface area (TPSA) is 107 Å². The van der Waals surface area contributed by atoms with E-state index in [2.05, 4.69) is 10.3 Å². The van der Waals surface area contributed by atoms with Gasteiger partial charge in [0.25, 0.3) is 5.91 Å². The molecular weight excluding hydrogens is 252 g/mol. The number of hydrogen-bond donors (Lipinski definition) is 2. The third-order valence-corrected chi connectivity index (χ3v) is 2.87. The minimum absolute atomic E-state index is 0.0327. The van der Waals surface area contributed by atoms with Gasteiger partial charge in [0.15, 0.2) is 18.2 Å². The number of nitrogens with two attached hydrogens (primary N) is 1. The van der Waals surface area contributed by atoms with Crippen molar-refractivity contribution in [2.45, 2.75) is 6.10 Å². The molecular formula is C11H12N4O4. The summed E-state index contributed by atoms with van der Waals surface area (Å²) < 4.78 is 10.2. The normalized spacial score (nSPS) is 21.5. The molecule has 1 atom stereocenters. The number of ether oxygens (including phenoxy) is 2. The molecule has 1 saturated heterocycles. The first kappa shape index (κ1) is 11.7. The Hall–Kier alpha value is -2.35. The van der Waals surface area contributed by atoms with Crippen LogP contribution >= 0.6 is 0 Å². The highest BCUT2D eigenvalue weighted by molar-refractivity contribution is 5.95. The number of nitrogens with one attached hydrogen (secondary N) is 1. The zero-order valence-electron chi connectivity index (χ0n) is 9.96. The van der Waals surface area contributed by atoms with Gasteiger partial charge in [0.2, 0.25) is 0 Å². The Balaban J connectivity index is 1.88. The van der Waals surface area contributed by atoms with Crippen molar-refractivity contribution in [2.75, 3.05) is 29.9 Å². The lowest BCUT2D eigenvalue weighted by molar-refractivity contribution is -0.118. The van der Waals surface area contributed by atoms with Crippen LogP contribution in [0.4, 0.5) is 16.4 Å². The number of hydrogen-bond acceptors (Lipinski definition) is 6. The molecule has 0 spiro atoms. The molecule has 2 aliphatic heterocycles. The van der Waals surface area contributed by atoms with Crippen LogP contribution in [-0.2, 0) is 9.53 Å². The number of nitrogens with zero attached hydrogens (tertiary/aromatic N) is 2. The molecule has 100 valence electrons. The Morgan fingerprint density at radius 1 is 1.47 bits per heavy atom. The Morgan fingerprint density at radius 3 is 3.05 bits per heavy atom. The molecule has 3 rings (SSSR count). The number of carbonyl (C=O) groups is 2. The third-order valence-electron chi connectivity index (χ3n) is 2.87. The number of anilines is 2. The lowest BCUT2D eigenvalue weighted by atomic mass is 10.3. The molecule has 19 heavy (non-hydrogen) atoms. The second-order valence-corrected chi connectivity index (χ2v) is 4.21. The summed E-state index contributed by atoms with van der Waals surface area (Å²) in [6.07, 6.45) is -0.831. The van der Waals surface area contributed by atoms with Crippen LogP contribution in [0.15, 0.2) is 12.1 Å². The van der Waals surface area contributed by atoms with E-state index in [1.54, 1.807) is 12.1 Å². The highest BCUT2D eigenvalue weighted by Gasteiger charge is 2.33. The molecule has 8 heteroatoms. The predicted molar refractivity (Wildman–Crippen MR) is 65.0 cm³/mol. The Kier molecular flexibility index (Phi) is 2.71. The first-order valence-corrected chi connectivity index (χ1v) is 5.79. The van der Waals surface area contributed by atoms with E-state index < -0.39 is 6.09 Å². The minimum Gasteiger partial charge on any atom is -0.480 e. The zero-order valence-corrected chi connectivity index (χ0v) is 9.96. The van der Waals surface area contributed by atoms with Crippen LogP contribution in [0.5, 0.6) is 5.75 Å². The Morgan fingerprint density at radius 2 is 2.32 bits per heavy atom. The summed E-state index contributed by atoms with van der Waals surface area (Å²) in [5, 5.41) is 2.59. The summed E-state index contributed by atoms with van der Waals surface area (Å²) in [5.74, 6) is 0.899. The largest absolute Gasteiger partial charge is 0.480 e. The molecule has 0 saturated carbocycles. The highest BCUT2D eigenvalue weighted by Crippen LogP contribution is 2.29. The summed E-state index contributed by atoms with van der Waals surface area (Å²) in [7, 11) is 0. The Labute approximate surface area is 108 Å². The van der Waals surface area contributed by atoms with E-state index in [-0.39, 0.29) is 25.2 Å². The second-order valence-electron chi connectivity index (χ2n) is 4.21. The maximum absolute atomic E-state index is 11.7. The van der Waals surface area contributed by atoms with Gasteiger partial charge in [0.1, 0.15) is 11.9 Å². The monoisotopic (exact) mass is 264 g/mol. The molecule has 0 aromatic carbocycles. The number of cyclic esters (lactones) is 1. The molecule has 3 N–H and O–H groups in total. The molecule has 0 bridgehead atoms. The van der Waals surface area contributed by atoms with Gasteiger partial charge in [-0.25, -0.2) is 9.78 Å². The Bertz CT molecular complexity index is 547. The number of pyridine rings is 1. The third kappa shape index (κ3) is 2.06. The maximum atomic E-state index is 11.7. The first-order valence-electron chi connectivity index (χ1n) is 5.79. The molecule has 2 amide bonds. The molecule has 8 nitrogen and oxygen atoms in total. The fourth-order valence-electron chi connectivity index (χ4n) is 1.94. The molecule has 1 aromatic rings. The SMILES string of the molecule is NC[C@@H]1CN(c2ccc3c(n2)NC(=O)CO3)C(=O)O1. The first-order chi connectivity index (χ1) is 9.17. The van der Waals surface area contributed by atoms with E-state index in [1.807, 2.05) is 0 Å². The van der Waals surface area contributed by atoms with E-state index in [0.29, 0.717) is 23.9 Å². The number of amides is 2. The van der Waals surface area contributed by atoms with Crippen molar-refractivity contribution in [3.63, 3.8) is 0 Å². The summed E-state index contributed by atoms with van der Waals surface area (Å²) in [6.45, 7) is 0.567. The highest BCUT2D eigenvalue weighted by atomic mass is 16.6. The molecule has 3 heterocycles. The fraction of sp³-hybridized carbons (Fsp3) is 0.364. The van der Waals surface area contributed by atoms with Gasteiger partial charge >= 0.3 is 6.09 Å². The van der Waals surface area contributed by atoms with Crippen LogP contribution in [0.1, 0.15) is 0 Å². The van der Waals surface area contributed by atoms with Crippen LogP contribution in [0.3, 0.4) is 0 Å². The lowest BCUT2D eigenvalue weighted by Crippen LogP contribution is -2.30. The smallest absolute Gasteiger partial charge is 0.416 e. The number of carbonyl (C=O) groups excluding carboxylic acids is 2. The van der Waals surface area contributed by atoms with Gasteiger partial charge in [-0.05, 0) is 12.1 Å². The van der Waals surface area contributed by atoms with E-state index in [0.717, 1.165) is 0 Å². The van der Waals surface area contributed by atoms with Gasteiger partial charge in [-0.3, -0.25) is 9.69 Å². The van der Waals surface area contributed by atoms with Crippen molar-refractivity contribution in [3.8, 4) is 5.75 Å². The summed E-state index contributed by atoms with van der Waals surface area (Å²) in [4.78, 5) is 28.5. The fourth-order valence-corrected chi connectivity index (χ4v) is 1.94. The minimum atomic E-state index is -0.494. The standard InChI is InChI=1S/C11H12N4O4/c12-3-6-4-15(11(17)19-6)8-2-1-7-10(13-8)14-9(16)5-18-7/h1-2,6H,3-5,12H2,(H,13,14,16)/t6-/m1/s1. The van der Waals surface area contributed by atoms with E-state index in [9.17, 15) is 9.59 Å². The van der Waals surface area contributed by atoms with Crippen LogP contribution in [0.25, 0.3) is 0 Å². The lowest BCUT2D eigenvalue weighted by Gasteiger charge is -2.19. The second kappa shape index (κ2) is 4.39. The van der Waals surface area contributed by atoms with Gasteiger partial charge in [-0.15, -0.1) is 0 Å². The average molecular weight is 264 g/mol. The summed E-state index contributed by atoms with van der Waals surface area (Å²) in [5.41, 5.74) is 5.46. The number of aromatic nitrogens is 1. The molecule has 0 aliphatic carbocycles. The molecule has 2 aliphatic rings. The van der Waals surface area contributed by atoms with E-state index >= 15 is 0 Å². The summed E-state index contributed by atoms with van der Waals surface area (Å²) >= 11 is 0. The van der Waals surface area contributed by atoms with E-state index in [1.165, 1.54) is 4.90 Å². The summed E-state index contributed by atoms with van der Waals surface area (Å²) in [6, 6.07) is 3.29. The maximum Gasteiger partial charge on any atom is 0.416 e. The van der Waals surface area contributed by atoms with Crippen molar-refractivity contribution in [2.24, 2.45) is 5.73 Å². The van der Waals surface area contributed by atoms with Crippen molar-refractivity contribution in [1.29, 1.82) is 0 Å². The van der Waals surface area contributed by atoms with Crippen molar-refractivity contribution in [3.05, 3.63) is 12.1 Å². The predicted octanol–water partition coefficient (Wildman–Crippen LogP) is -0.304. The van der Waals surface area contributed by atoms with Crippen LogP contribution in [0.2, 0.25) is 0 Å². The molecule has 1 fully saturated rings. The zero-order chi connectivity index (χ0) is 13.4. The molecule has 0 unspecified atom stereocenters. The molecule has 1 aromatic heterocycles.